The monoisotopic (exact) mass is 321 g/mol. The van der Waals surface area contributed by atoms with Gasteiger partial charge in [-0.25, -0.2) is 13.8 Å². The van der Waals surface area contributed by atoms with E-state index in [0.29, 0.717) is 29.6 Å². The summed E-state index contributed by atoms with van der Waals surface area (Å²) >= 11 is 0. The number of benzene rings is 1. The number of rotatable bonds is 4. The number of aliphatic hydroxyl groups is 1. The van der Waals surface area contributed by atoms with Gasteiger partial charge in [-0.3, -0.25) is 4.68 Å². The Morgan fingerprint density at radius 3 is 2.61 bits per heavy atom. The molecule has 0 aliphatic rings. The lowest BCUT2D eigenvalue weighted by atomic mass is 10.1. The first-order valence-corrected chi connectivity index (χ1v) is 7.11. The van der Waals surface area contributed by atoms with Crippen LogP contribution >= 0.6 is 0 Å². The zero-order valence-electron chi connectivity index (χ0n) is 12.3. The highest BCUT2D eigenvalue weighted by Crippen LogP contribution is 2.25. The first kappa shape index (κ1) is 15.5. The van der Waals surface area contributed by atoms with E-state index in [-0.39, 0.29) is 5.52 Å². The maximum Gasteiger partial charge on any atom is 0.258 e. The molecule has 7 heteroatoms. The van der Waals surface area contributed by atoms with E-state index < -0.39 is 23.7 Å². The van der Waals surface area contributed by atoms with Gasteiger partial charge in [0.15, 0.2) is 11.6 Å². The van der Waals surface area contributed by atoms with Gasteiger partial charge in [-0.2, -0.15) is 4.39 Å². The number of hydrogen-bond donors (Lipinski definition) is 1. The third kappa shape index (κ3) is 3.05. The summed E-state index contributed by atoms with van der Waals surface area (Å²) in [6.07, 6.45) is 1.25. The van der Waals surface area contributed by atoms with Crippen LogP contribution in [0.5, 0.6) is 0 Å². The fourth-order valence-electron chi connectivity index (χ4n) is 2.33. The molecular weight excluding hydrogens is 307 g/mol. The topological polar surface area (TPSA) is 50.9 Å². The number of aliphatic hydroxyl groups excluding tert-OH is 1. The molecule has 0 aliphatic heterocycles. The standard InChI is InChI=1S/C16H14F3N3O/c1-9(23)4-5-22-14-7-11(8-20-15(14)16(19)21-22)10-2-3-12(17)13(18)6-10/h2-3,6-9,23H,4-5H2,1H3. The van der Waals surface area contributed by atoms with Gasteiger partial charge in [0.25, 0.3) is 5.95 Å². The third-order valence-corrected chi connectivity index (χ3v) is 3.56. The Hall–Kier alpha value is -2.41. The molecule has 4 nitrogen and oxygen atoms in total. The normalized spacial score (nSPS) is 12.7. The molecule has 0 fully saturated rings. The van der Waals surface area contributed by atoms with Crippen molar-refractivity contribution in [3.63, 3.8) is 0 Å². The van der Waals surface area contributed by atoms with Crippen LogP contribution in [-0.2, 0) is 6.54 Å². The number of aryl methyl sites for hydroxylation is 1. The van der Waals surface area contributed by atoms with E-state index in [1.54, 1.807) is 13.0 Å². The van der Waals surface area contributed by atoms with Crippen molar-refractivity contribution in [2.24, 2.45) is 0 Å². The van der Waals surface area contributed by atoms with Gasteiger partial charge in [0.1, 0.15) is 5.52 Å². The van der Waals surface area contributed by atoms with Crippen LogP contribution < -0.4 is 0 Å². The minimum absolute atomic E-state index is 0.0990. The highest BCUT2D eigenvalue weighted by molar-refractivity contribution is 5.80. The molecule has 0 aliphatic carbocycles. The summed E-state index contributed by atoms with van der Waals surface area (Å²) in [7, 11) is 0. The molecule has 3 aromatic rings. The molecule has 0 radical (unpaired) electrons. The first-order valence-electron chi connectivity index (χ1n) is 7.11. The predicted octanol–water partition coefficient (Wildman–Crippen LogP) is 3.29. The van der Waals surface area contributed by atoms with Crippen molar-refractivity contribution < 1.29 is 18.3 Å². The molecule has 0 spiro atoms. The van der Waals surface area contributed by atoms with Gasteiger partial charge in [-0.15, -0.1) is 5.10 Å². The molecule has 1 atom stereocenters. The summed E-state index contributed by atoms with van der Waals surface area (Å²) in [5.74, 6) is -2.60. The third-order valence-electron chi connectivity index (χ3n) is 3.56. The molecule has 23 heavy (non-hydrogen) atoms. The lowest BCUT2D eigenvalue weighted by Crippen LogP contribution is -2.08. The Kier molecular flexibility index (Phi) is 4.04. The van der Waals surface area contributed by atoms with Crippen LogP contribution in [0.4, 0.5) is 13.2 Å². The molecule has 0 bridgehead atoms. The summed E-state index contributed by atoms with van der Waals surface area (Å²) in [6.45, 7) is 1.95. The number of nitrogens with zero attached hydrogens (tertiary/aromatic N) is 3. The molecule has 120 valence electrons. The molecular formula is C16H14F3N3O. The molecule has 2 heterocycles. The molecule has 1 unspecified atom stereocenters. The second kappa shape index (κ2) is 6.00. The lowest BCUT2D eigenvalue weighted by Gasteiger charge is -2.07. The van der Waals surface area contributed by atoms with Gasteiger partial charge in [0.2, 0.25) is 0 Å². The van der Waals surface area contributed by atoms with Gasteiger partial charge in [0, 0.05) is 18.3 Å². The van der Waals surface area contributed by atoms with Crippen LogP contribution in [0.1, 0.15) is 13.3 Å². The van der Waals surface area contributed by atoms with Crippen molar-refractivity contribution in [1.82, 2.24) is 14.8 Å². The van der Waals surface area contributed by atoms with E-state index >= 15 is 0 Å². The average molecular weight is 321 g/mol. The van der Waals surface area contributed by atoms with Gasteiger partial charge in [-0.1, -0.05) is 6.07 Å². The van der Waals surface area contributed by atoms with Gasteiger partial charge in [0.05, 0.1) is 11.6 Å². The summed E-state index contributed by atoms with van der Waals surface area (Å²) in [5.41, 5.74) is 1.49. The summed E-state index contributed by atoms with van der Waals surface area (Å²) in [6, 6.07) is 5.13. The van der Waals surface area contributed by atoms with Crippen LogP contribution in [0.3, 0.4) is 0 Å². The number of fused-ring (bicyclic) bond motifs is 1. The van der Waals surface area contributed by atoms with Crippen molar-refractivity contribution in [2.75, 3.05) is 0 Å². The lowest BCUT2D eigenvalue weighted by molar-refractivity contribution is 0.176. The number of aromatic nitrogens is 3. The van der Waals surface area contributed by atoms with Crippen molar-refractivity contribution in [3.05, 3.63) is 48.0 Å². The minimum Gasteiger partial charge on any atom is -0.393 e. The van der Waals surface area contributed by atoms with Crippen LogP contribution in [-0.4, -0.2) is 26.0 Å². The van der Waals surface area contributed by atoms with E-state index in [0.717, 1.165) is 12.1 Å². The van der Waals surface area contributed by atoms with Crippen molar-refractivity contribution >= 4 is 11.0 Å². The van der Waals surface area contributed by atoms with Crippen LogP contribution in [0, 0.1) is 17.6 Å². The van der Waals surface area contributed by atoms with E-state index in [1.807, 2.05) is 0 Å². The summed E-state index contributed by atoms with van der Waals surface area (Å²) < 4.78 is 41.6. The number of halogens is 3. The Bertz CT molecular complexity index is 861. The minimum atomic E-state index is -0.962. The SMILES string of the molecule is CC(O)CCn1nc(F)c2ncc(-c3ccc(F)c(F)c3)cc21. The molecule has 2 aromatic heterocycles. The Balaban J connectivity index is 2.06. The average Bonchev–Trinajstić information content (AvgIpc) is 2.84. The van der Waals surface area contributed by atoms with E-state index in [1.165, 1.54) is 16.9 Å². The van der Waals surface area contributed by atoms with Crippen LogP contribution in [0.2, 0.25) is 0 Å². The van der Waals surface area contributed by atoms with Gasteiger partial charge < -0.3 is 5.11 Å². The molecule has 1 N–H and O–H groups in total. The Morgan fingerprint density at radius 1 is 1.13 bits per heavy atom. The molecule has 1 aromatic carbocycles. The second-order valence-corrected chi connectivity index (χ2v) is 5.37. The fraction of sp³-hybridized carbons (Fsp3) is 0.250. The van der Waals surface area contributed by atoms with Gasteiger partial charge in [-0.05, 0) is 37.1 Å². The largest absolute Gasteiger partial charge is 0.393 e. The summed E-state index contributed by atoms with van der Waals surface area (Å²) in [5, 5.41) is 13.1. The molecule has 0 saturated carbocycles. The van der Waals surface area contributed by atoms with Crippen LogP contribution in [0.25, 0.3) is 22.2 Å². The highest BCUT2D eigenvalue weighted by Gasteiger charge is 2.14. The molecule has 0 saturated heterocycles. The number of hydrogen-bond acceptors (Lipinski definition) is 3. The fourth-order valence-corrected chi connectivity index (χ4v) is 2.33. The van der Waals surface area contributed by atoms with Gasteiger partial charge >= 0.3 is 0 Å². The second-order valence-electron chi connectivity index (χ2n) is 5.37. The van der Waals surface area contributed by atoms with Crippen LogP contribution in [0.15, 0.2) is 30.5 Å². The van der Waals surface area contributed by atoms with Crippen molar-refractivity contribution in [1.29, 1.82) is 0 Å². The van der Waals surface area contributed by atoms with Crippen molar-refractivity contribution in [2.45, 2.75) is 26.0 Å². The molecule has 3 rings (SSSR count). The maximum atomic E-state index is 13.8. The number of pyridine rings is 1. The predicted molar refractivity (Wildman–Crippen MR) is 79.1 cm³/mol. The zero-order valence-corrected chi connectivity index (χ0v) is 12.3. The Labute approximate surface area is 130 Å². The zero-order chi connectivity index (χ0) is 16.6. The smallest absolute Gasteiger partial charge is 0.258 e. The maximum absolute atomic E-state index is 13.8. The van der Waals surface area contributed by atoms with E-state index in [4.69, 9.17) is 0 Å². The Morgan fingerprint density at radius 2 is 1.91 bits per heavy atom. The highest BCUT2D eigenvalue weighted by atomic mass is 19.2. The van der Waals surface area contributed by atoms with Crippen molar-refractivity contribution in [3.8, 4) is 11.1 Å². The van der Waals surface area contributed by atoms with E-state index in [9.17, 15) is 18.3 Å². The van der Waals surface area contributed by atoms with E-state index in [2.05, 4.69) is 10.1 Å². The first-order chi connectivity index (χ1) is 11.0. The molecule has 0 amide bonds. The summed E-state index contributed by atoms with van der Waals surface area (Å²) in [4.78, 5) is 4.02. The quantitative estimate of drug-likeness (QED) is 0.802.